The molecule has 28 heavy (non-hydrogen) atoms. The highest BCUT2D eigenvalue weighted by Gasteiger charge is 2.00. The van der Waals surface area contributed by atoms with Gasteiger partial charge in [-0.1, -0.05) is 70.4 Å². The first-order valence-electron chi connectivity index (χ1n) is 10.8. The van der Waals surface area contributed by atoms with Gasteiger partial charge in [0.25, 0.3) is 10.1 Å². The Morgan fingerprint density at radius 1 is 0.857 bits per heavy atom. The third-order valence-electron chi connectivity index (χ3n) is 4.26. The van der Waals surface area contributed by atoms with Crippen molar-refractivity contribution in [2.24, 2.45) is 0 Å². The molecule has 0 unspecified atom stereocenters. The van der Waals surface area contributed by atoms with Crippen LogP contribution in [0.3, 0.4) is 0 Å². The summed E-state index contributed by atoms with van der Waals surface area (Å²) in [7, 11) is -2.13. The van der Waals surface area contributed by atoms with Crippen molar-refractivity contribution in [2.75, 3.05) is 19.3 Å². The van der Waals surface area contributed by atoms with Crippen molar-refractivity contribution in [3.05, 3.63) is 12.2 Å². The molecule has 0 bridgehead atoms. The lowest BCUT2D eigenvalue weighted by Crippen LogP contribution is -2.18. The van der Waals surface area contributed by atoms with Crippen LogP contribution >= 0.6 is 0 Å². The molecule has 6 nitrogen and oxygen atoms in total. The Hall–Kier alpha value is -0.920. The molecule has 0 aromatic rings. The second kappa shape index (κ2) is 22.4. The molecular formula is C21H43NO5S. The van der Waals surface area contributed by atoms with Gasteiger partial charge in [0.2, 0.25) is 0 Å². The highest BCUT2D eigenvalue weighted by molar-refractivity contribution is 7.85. The van der Waals surface area contributed by atoms with Crippen molar-refractivity contribution in [1.82, 2.24) is 5.32 Å². The lowest BCUT2D eigenvalue weighted by Gasteiger charge is -1.99. The van der Waals surface area contributed by atoms with Gasteiger partial charge in [-0.2, -0.15) is 8.42 Å². The molecule has 0 aromatic heterocycles. The molecule has 0 saturated heterocycles. The van der Waals surface area contributed by atoms with Crippen LogP contribution in [0.1, 0.15) is 96.8 Å². The summed E-state index contributed by atoms with van der Waals surface area (Å²) in [6.45, 7) is 2.55. The van der Waals surface area contributed by atoms with Gasteiger partial charge in [0, 0.05) is 13.0 Å². The number of nitrogens with one attached hydrogen (secondary N) is 1. The molecule has 168 valence electrons. The van der Waals surface area contributed by atoms with Crippen LogP contribution in [0, 0.1) is 0 Å². The van der Waals surface area contributed by atoms with E-state index >= 15 is 0 Å². The zero-order chi connectivity index (χ0) is 21.5. The lowest BCUT2D eigenvalue weighted by atomic mass is 10.1. The average Bonchev–Trinajstić information content (AvgIpc) is 2.63. The third kappa shape index (κ3) is 32.7. The van der Waals surface area contributed by atoms with E-state index in [0.29, 0.717) is 13.0 Å². The van der Waals surface area contributed by atoms with E-state index in [1.165, 1.54) is 70.6 Å². The predicted octanol–water partition coefficient (Wildman–Crippen LogP) is 5.20. The Balaban J connectivity index is 0. The van der Waals surface area contributed by atoms with E-state index in [2.05, 4.69) is 24.4 Å². The van der Waals surface area contributed by atoms with E-state index in [0.717, 1.165) is 12.8 Å². The molecule has 3 N–H and O–H groups in total. The Bertz CT molecular complexity index is 463. The quantitative estimate of drug-likeness (QED) is 0.160. The van der Waals surface area contributed by atoms with Crippen molar-refractivity contribution in [1.29, 1.82) is 0 Å². The third-order valence-corrected chi connectivity index (χ3v) is 4.98. The van der Waals surface area contributed by atoms with Crippen LogP contribution in [0.15, 0.2) is 12.2 Å². The second-order valence-electron chi connectivity index (χ2n) is 7.12. The van der Waals surface area contributed by atoms with Crippen LogP contribution in [0.2, 0.25) is 0 Å². The molecule has 0 heterocycles. The number of unbranched alkanes of at least 4 members (excludes halogenated alkanes) is 11. The highest BCUT2D eigenvalue weighted by Crippen LogP contribution is 2.09. The fraction of sp³-hybridized carbons (Fsp3) is 0.857. The zero-order valence-electron chi connectivity index (χ0n) is 18.0. The predicted molar refractivity (Wildman–Crippen MR) is 117 cm³/mol. The first kappa shape index (κ1) is 29.3. The number of carbonyl (C=O) groups is 1. The van der Waals surface area contributed by atoms with Gasteiger partial charge in [0.15, 0.2) is 0 Å². The number of carboxylic acids is 1. The standard InChI is InChI=1S/C18H34O2.C3H9NO3S/c1-2-3-4-5-6-7-8-9-10-11-12-13-14-15-16-17-18(19)20;1-4-2-3-8(5,6)7/h9-10H,2-8,11-17H2,1H3,(H,19,20);4H,2-3H2,1H3,(H,5,6,7)/b10-9-;. The minimum absolute atomic E-state index is 0.219. The van der Waals surface area contributed by atoms with Gasteiger partial charge in [-0.05, 0) is 39.2 Å². The maximum atomic E-state index is 10.3. The van der Waals surface area contributed by atoms with Crippen LogP contribution < -0.4 is 5.32 Å². The molecule has 0 aliphatic rings. The van der Waals surface area contributed by atoms with Crippen molar-refractivity contribution in [2.45, 2.75) is 96.8 Å². The summed E-state index contributed by atoms with van der Waals surface area (Å²) >= 11 is 0. The van der Waals surface area contributed by atoms with Crippen LogP contribution in [-0.2, 0) is 14.9 Å². The molecule has 0 aliphatic heterocycles. The average molecular weight is 422 g/mol. The van der Waals surface area contributed by atoms with E-state index in [-0.39, 0.29) is 5.75 Å². The van der Waals surface area contributed by atoms with Crippen LogP contribution in [-0.4, -0.2) is 43.4 Å². The summed E-state index contributed by atoms with van der Waals surface area (Å²) in [5.74, 6) is -0.883. The first-order valence-corrected chi connectivity index (χ1v) is 12.4. The summed E-state index contributed by atoms with van der Waals surface area (Å²) in [6, 6.07) is 0. The topological polar surface area (TPSA) is 104 Å². The van der Waals surface area contributed by atoms with Gasteiger partial charge in [-0.3, -0.25) is 9.35 Å². The SMILES string of the molecule is CCCCCCCC/C=C\CCCCCCCC(=O)O.CNCCS(=O)(=O)O. The monoisotopic (exact) mass is 421 g/mol. The lowest BCUT2D eigenvalue weighted by molar-refractivity contribution is -0.137. The largest absolute Gasteiger partial charge is 0.481 e. The second-order valence-corrected chi connectivity index (χ2v) is 8.69. The van der Waals surface area contributed by atoms with Gasteiger partial charge < -0.3 is 10.4 Å². The summed E-state index contributed by atoms with van der Waals surface area (Å²) in [5, 5.41) is 11.1. The summed E-state index contributed by atoms with van der Waals surface area (Å²) < 4.78 is 27.9. The van der Waals surface area contributed by atoms with E-state index in [9.17, 15) is 13.2 Å². The van der Waals surface area contributed by atoms with E-state index in [1.54, 1.807) is 7.05 Å². The van der Waals surface area contributed by atoms with Crippen molar-refractivity contribution >= 4 is 16.1 Å². The van der Waals surface area contributed by atoms with Crippen molar-refractivity contribution in [3.63, 3.8) is 0 Å². The minimum atomic E-state index is -3.75. The smallest absolute Gasteiger partial charge is 0.303 e. The van der Waals surface area contributed by atoms with Gasteiger partial charge in [0.05, 0.1) is 5.75 Å². The molecule has 0 amide bonds. The maximum absolute atomic E-state index is 10.3. The molecule has 0 saturated carbocycles. The van der Waals surface area contributed by atoms with E-state index < -0.39 is 16.1 Å². The van der Waals surface area contributed by atoms with E-state index in [1.807, 2.05) is 0 Å². The van der Waals surface area contributed by atoms with Crippen molar-refractivity contribution in [3.8, 4) is 0 Å². The van der Waals surface area contributed by atoms with Gasteiger partial charge in [-0.15, -0.1) is 0 Å². The first-order chi connectivity index (χ1) is 13.3. The van der Waals surface area contributed by atoms with Crippen LogP contribution in [0.25, 0.3) is 0 Å². The molecule has 0 radical (unpaired) electrons. The van der Waals surface area contributed by atoms with E-state index in [4.69, 9.17) is 9.66 Å². The Kier molecular flexibility index (Phi) is 23.4. The molecule has 0 atom stereocenters. The Morgan fingerprint density at radius 3 is 1.71 bits per heavy atom. The number of allylic oxidation sites excluding steroid dienone is 2. The summed E-state index contributed by atoms with van der Waals surface area (Å²) in [4.78, 5) is 10.3. The molecule has 0 aromatic carbocycles. The summed E-state index contributed by atoms with van der Waals surface area (Å²) in [5.41, 5.74) is 0. The molecule has 7 heteroatoms. The van der Waals surface area contributed by atoms with Crippen LogP contribution in [0.5, 0.6) is 0 Å². The van der Waals surface area contributed by atoms with Crippen LogP contribution in [0.4, 0.5) is 0 Å². The number of hydrogen-bond donors (Lipinski definition) is 3. The number of rotatable bonds is 18. The Morgan fingerprint density at radius 2 is 1.32 bits per heavy atom. The van der Waals surface area contributed by atoms with Crippen molar-refractivity contribution < 1.29 is 22.9 Å². The number of hydrogen-bond acceptors (Lipinski definition) is 4. The number of carboxylic acid groups (broad SMARTS) is 1. The minimum Gasteiger partial charge on any atom is -0.481 e. The molecule has 0 rings (SSSR count). The highest BCUT2D eigenvalue weighted by atomic mass is 32.2. The zero-order valence-corrected chi connectivity index (χ0v) is 18.8. The molecular weight excluding hydrogens is 378 g/mol. The molecule has 0 aliphatic carbocycles. The molecule has 0 spiro atoms. The van der Waals surface area contributed by atoms with Gasteiger partial charge >= 0.3 is 5.97 Å². The van der Waals surface area contributed by atoms with Gasteiger partial charge in [-0.25, -0.2) is 0 Å². The van der Waals surface area contributed by atoms with Gasteiger partial charge in [0.1, 0.15) is 0 Å². The fourth-order valence-electron chi connectivity index (χ4n) is 2.58. The fourth-order valence-corrected chi connectivity index (χ4v) is 3.04. The Labute approximate surface area is 172 Å². The normalized spacial score (nSPS) is 11.4. The summed E-state index contributed by atoms with van der Waals surface area (Å²) in [6.07, 6.45) is 21.2. The number of aliphatic carboxylic acids is 1. The molecule has 0 fully saturated rings. The maximum Gasteiger partial charge on any atom is 0.303 e.